The average Bonchev–Trinajstić information content (AvgIpc) is 2.57. The number of hydrogen-bond acceptors (Lipinski definition) is 5. The molecule has 1 saturated heterocycles. The molecule has 1 N–H and O–H groups in total. The molecule has 0 spiro atoms. The lowest BCUT2D eigenvalue weighted by molar-refractivity contribution is 0.204. The molecule has 4 nitrogen and oxygen atoms in total. The molecule has 0 atom stereocenters. The van der Waals surface area contributed by atoms with Gasteiger partial charge >= 0.3 is 0 Å². The van der Waals surface area contributed by atoms with E-state index < -0.39 is 0 Å². The summed E-state index contributed by atoms with van der Waals surface area (Å²) >= 11 is 5.06. The summed E-state index contributed by atoms with van der Waals surface area (Å²) in [7, 11) is 0. The summed E-state index contributed by atoms with van der Waals surface area (Å²) in [5.74, 6) is 0. The van der Waals surface area contributed by atoms with Gasteiger partial charge in [-0.3, -0.25) is 4.90 Å². The summed E-state index contributed by atoms with van der Waals surface area (Å²) in [6.45, 7) is 5.18. The van der Waals surface area contributed by atoms with Crippen molar-refractivity contribution in [1.29, 1.82) is 0 Å². The Labute approximate surface area is 108 Å². The molecular weight excluding hydrogens is 290 g/mol. The van der Waals surface area contributed by atoms with Crippen molar-refractivity contribution in [2.75, 3.05) is 44.2 Å². The summed E-state index contributed by atoms with van der Waals surface area (Å²) in [5.41, 5.74) is 0. The van der Waals surface area contributed by atoms with Crippen LogP contribution < -0.4 is 4.90 Å². The third-order valence-electron chi connectivity index (χ3n) is 2.74. The number of anilines is 1. The molecule has 1 aromatic rings. The first-order valence-corrected chi connectivity index (χ1v) is 7.16. The molecule has 1 fully saturated rings. The van der Waals surface area contributed by atoms with Gasteiger partial charge in [0.2, 0.25) is 0 Å². The van der Waals surface area contributed by atoms with Crippen molar-refractivity contribution < 1.29 is 5.11 Å². The highest BCUT2D eigenvalue weighted by Crippen LogP contribution is 2.24. The first kappa shape index (κ1) is 12.3. The van der Waals surface area contributed by atoms with Gasteiger partial charge in [-0.1, -0.05) is 0 Å². The predicted octanol–water partition coefficient (Wildman–Crippen LogP) is 1.41. The van der Waals surface area contributed by atoms with Crippen LogP contribution in [0.2, 0.25) is 0 Å². The fourth-order valence-electron chi connectivity index (χ4n) is 1.92. The second kappa shape index (κ2) is 5.95. The van der Waals surface area contributed by atoms with Crippen LogP contribution >= 0.6 is 27.3 Å². The number of aromatic nitrogens is 1. The van der Waals surface area contributed by atoms with Gasteiger partial charge < -0.3 is 10.0 Å². The van der Waals surface area contributed by atoms with Crippen LogP contribution in [0.3, 0.4) is 0 Å². The zero-order valence-electron chi connectivity index (χ0n) is 9.10. The number of rotatable bonds is 3. The first-order chi connectivity index (χ1) is 7.79. The van der Waals surface area contributed by atoms with E-state index >= 15 is 0 Å². The van der Waals surface area contributed by atoms with Crippen molar-refractivity contribution in [3.63, 3.8) is 0 Å². The summed E-state index contributed by atoms with van der Waals surface area (Å²) in [6.07, 6.45) is 1.14. The number of β-amino-alcohol motifs (C(OH)–C–C–N with tert-alkyl or cyclic N) is 1. The SMILES string of the molecule is OCCN1CCCN(c2nc(Br)cs2)CC1. The van der Waals surface area contributed by atoms with Gasteiger partial charge in [-0.25, -0.2) is 4.98 Å². The number of nitrogens with zero attached hydrogens (tertiary/aromatic N) is 3. The number of hydrogen-bond donors (Lipinski definition) is 1. The summed E-state index contributed by atoms with van der Waals surface area (Å²) in [4.78, 5) is 9.07. The molecule has 0 radical (unpaired) electrons. The average molecular weight is 306 g/mol. The molecular formula is C10H16BrN3OS. The molecule has 6 heteroatoms. The minimum absolute atomic E-state index is 0.253. The molecule has 0 aromatic carbocycles. The lowest BCUT2D eigenvalue weighted by atomic mass is 10.4. The van der Waals surface area contributed by atoms with E-state index in [1.165, 1.54) is 0 Å². The second-order valence-electron chi connectivity index (χ2n) is 3.86. The van der Waals surface area contributed by atoms with Gasteiger partial charge in [0.05, 0.1) is 6.61 Å². The van der Waals surface area contributed by atoms with Crippen LogP contribution in [0.25, 0.3) is 0 Å². The fourth-order valence-corrected chi connectivity index (χ4v) is 3.22. The van der Waals surface area contributed by atoms with E-state index in [1.54, 1.807) is 11.3 Å². The maximum absolute atomic E-state index is 8.92. The molecule has 2 heterocycles. The van der Waals surface area contributed by atoms with E-state index in [1.807, 2.05) is 5.38 Å². The zero-order chi connectivity index (χ0) is 11.4. The highest BCUT2D eigenvalue weighted by Gasteiger charge is 2.16. The molecule has 1 aromatic heterocycles. The minimum Gasteiger partial charge on any atom is -0.395 e. The van der Waals surface area contributed by atoms with Crippen LogP contribution in [0.5, 0.6) is 0 Å². The molecule has 90 valence electrons. The largest absolute Gasteiger partial charge is 0.395 e. The topological polar surface area (TPSA) is 39.6 Å². The molecule has 0 saturated carbocycles. The summed E-state index contributed by atoms with van der Waals surface area (Å²) < 4.78 is 0.920. The number of aliphatic hydroxyl groups excluding tert-OH is 1. The zero-order valence-corrected chi connectivity index (χ0v) is 11.5. The maximum atomic E-state index is 8.92. The summed E-state index contributed by atoms with van der Waals surface area (Å²) in [5, 5.41) is 12.0. The Hall–Kier alpha value is -0.170. The fraction of sp³-hybridized carbons (Fsp3) is 0.700. The second-order valence-corrected chi connectivity index (χ2v) is 5.51. The third-order valence-corrected chi connectivity index (χ3v) is 4.35. The van der Waals surface area contributed by atoms with E-state index in [-0.39, 0.29) is 6.61 Å². The lowest BCUT2D eigenvalue weighted by Gasteiger charge is -2.20. The van der Waals surface area contributed by atoms with Crippen molar-refractivity contribution in [3.05, 3.63) is 9.98 Å². The van der Waals surface area contributed by atoms with Gasteiger partial charge in [0.15, 0.2) is 5.13 Å². The standard InChI is InChI=1S/C10H16BrN3OS/c11-9-8-16-10(12-9)14-3-1-2-13(4-5-14)6-7-15/h8,15H,1-7H2. The van der Waals surface area contributed by atoms with Crippen LogP contribution in [0.1, 0.15) is 6.42 Å². The Kier molecular flexibility index (Phi) is 4.57. The van der Waals surface area contributed by atoms with Crippen LogP contribution in [0.4, 0.5) is 5.13 Å². The quantitative estimate of drug-likeness (QED) is 0.916. The van der Waals surface area contributed by atoms with Crippen LogP contribution in [-0.2, 0) is 0 Å². The molecule has 2 rings (SSSR count). The van der Waals surface area contributed by atoms with Gasteiger partial charge in [0, 0.05) is 31.6 Å². The van der Waals surface area contributed by atoms with Crippen molar-refractivity contribution in [3.8, 4) is 0 Å². The smallest absolute Gasteiger partial charge is 0.186 e. The van der Waals surface area contributed by atoms with Crippen molar-refractivity contribution >= 4 is 32.4 Å². The Balaban J connectivity index is 1.93. The predicted molar refractivity (Wildman–Crippen MR) is 70.2 cm³/mol. The van der Waals surface area contributed by atoms with Gasteiger partial charge in [-0.15, -0.1) is 11.3 Å². The highest BCUT2D eigenvalue weighted by atomic mass is 79.9. The normalized spacial score (nSPS) is 18.8. The van der Waals surface area contributed by atoms with E-state index in [0.717, 1.165) is 48.9 Å². The molecule has 1 aliphatic heterocycles. The van der Waals surface area contributed by atoms with Crippen molar-refractivity contribution in [1.82, 2.24) is 9.88 Å². The Morgan fingerprint density at radius 3 is 2.94 bits per heavy atom. The number of aliphatic hydroxyl groups is 1. The molecule has 0 bridgehead atoms. The van der Waals surface area contributed by atoms with Gasteiger partial charge in [-0.05, 0) is 28.9 Å². The number of thiazole rings is 1. The Morgan fingerprint density at radius 2 is 2.25 bits per heavy atom. The highest BCUT2D eigenvalue weighted by molar-refractivity contribution is 9.10. The maximum Gasteiger partial charge on any atom is 0.186 e. The van der Waals surface area contributed by atoms with Crippen molar-refractivity contribution in [2.24, 2.45) is 0 Å². The van der Waals surface area contributed by atoms with E-state index in [0.29, 0.717) is 0 Å². The van der Waals surface area contributed by atoms with E-state index in [2.05, 4.69) is 30.7 Å². The molecule has 0 aliphatic carbocycles. The van der Waals surface area contributed by atoms with Crippen LogP contribution in [0, 0.1) is 0 Å². The Bertz CT molecular complexity index is 334. The third kappa shape index (κ3) is 3.16. The van der Waals surface area contributed by atoms with E-state index in [4.69, 9.17) is 5.11 Å². The minimum atomic E-state index is 0.253. The first-order valence-electron chi connectivity index (χ1n) is 5.49. The molecule has 16 heavy (non-hydrogen) atoms. The van der Waals surface area contributed by atoms with Crippen molar-refractivity contribution in [2.45, 2.75) is 6.42 Å². The monoisotopic (exact) mass is 305 g/mol. The van der Waals surface area contributed by atoms with Gasteiger partial charge in [-0.2, -0.15) is 0 Å². The summed E-state index contributed by atoms with van der Waals surface area (Å²) in [6, 6.07) is 0. The van der Waals surface area contributed by atoms with Crippen LogP contribution in [-0.4, -0.2) is 54.3 Å². The lowest BCUT2D eigenvalue weighted by Crippen LogP contribution is -2.32. The van der Waals surface area contributed by atoms with Crippen LogP contribution in [0.15, 0.2) is 9.98 Å². The van der Waals surface area contributed by atoms with E-state index in [9.17, 15) is 0 Å². The van der Waals surface area contributed by atoms with Gasteiger partial charge in [0.25, 0.3) is 0 Å². The molecule has 1 aliphatic rings. The number of halogens is 1. The molecule has 0 unspecified atom stereocenters. The van der Waals surface area contributed by atoms with Gasteiger partial charge in [0.1, 0.15) is 4.60 Å². The Morgan fingerprint density at radius 1 is 1.38 bits per heavy atom. The molecule has 0 amide bonds.